The van der Waals surface area contributed by atoms with E-state index in [-0.39, 0.29) is 6.42 Å². The van der Waals surface area contributed by atoms with E-state index in [0.717, 1.165) is 19.3 Å². The largest absolute Gasteiger partial charge is 0.480 e. The third-order valence-electron chi connectivity index (χ3n) is 5.81. The van der Waals surface area contributed by atoms with Crippen molar-refractivity contribution in [1.29, 1.82) is 0 Å². The second-order valence-electron chi connectivity index (χ2n) is 8.55. The van der Waals surface area contributed by atoms with Crippen molar-refractivity contribution in [2.45, 2.75) is 136 Å². The fourth-order valence-corrected chi connectivity index (χ4v) is 3.81. The second kappa shape index (κ2) is 19.8. The first-order chi connectivity index (χ1) is 14.5. The van der Waals surface area contributed by atoms with Gasteiger partial charge in [0, 0.05) is 6.42 Å². The van der Waals surface area contributed by atoms with Crippen LogP contribution in [0.15, 0.2) is 0 Å². The van der Waals surface area contributed by atoms with Crippen molar-refractivity contribution >= 4 is 11.9 Å². The highest BCUT2D eigenvalue weighted by molar-refractivity contribution is 5.78. The molecule has 0 aliphatic heterocycles. The van der Waals surface area contributed by atoms with Crippen LogP contribution in [0.5, 0.6) is 0 Å². The Hall–Kier alpha value is -1.14. The van der Waals surface area contributed by atoms with Crippen LogP contribution in [-0.4, -0.2) is 45.9 Å². The number of aliphatic carboxylic acids is 1. The molecule has 0 heterocycles. The van der Waals surface area contributed by atoms with E-state index in [1.165, 1.54) is 77.0 Å². The second-order valence-corrected chi connectivity index (χ2v) is 8.55. The summed E-state index contributed by atoms with van der Waals surface area (Å²) in [5.41, 5.74) is 0. The number of hydrogen-bond donors (Lipinski definition) is 3. The van der Waals surface area contributed by atoms with Gasteiger partial charge in [0.25, 0.3) is 0 Å². The minimum Gasteiger partial charge on any atom is -0.480 e. The monoisotopic (exact) mass is 428 g/mol. The molecule has 0 aromatic heterocycles. The van der Waals surface area contributed by atoms with E-state index < -0.39 is 24.0 Å². The SMILES string of the molecule is CCCCCCCCCCCCCCCCCC(=O)N(O)C(C)C(NCC)C(=O)O. The fourth-order valence-electron chi connectivity index (χ4n) is 3.81. The van der Waals surface area contributed by atoms with Gasteiger partial charge in [0.2, 0.25) is 5.91 Å². The molecule has 0 radical (unpaired) electrons. The summed E-state index contributed by atoms with van der Waals surface area (Å²) in [5.74, 6) is -1.47. The molecule has 30 heavy (non-hydrogen) atoms. The van der Waals surface area contributed by atoms with Crippen molar-refractivity contribution in [1.82, 2.24) is 10.4 Å². The Morgan fingerprint density at radius 3 is 1.53 bits per heavy atom. The summed E-state index contributed by atoms with van der Waals surface area (Å²) in [4.78, 5) is 23.4. The molecule has 0 aliphatic rings. The molecule has 3 N–H and O–H groups in total. The molecule has 0 rings (SSSR count). The molecule has 0 aliphatic carbocycles. The first-order valence-corrected chi connectivity index (χ1v) is 12.4. The lowest BCUT2D eigenvalue weighted by atomic mass is 10.0. The van der Waals surface area contributed by atoms with Crippen LogP contribution in [0.25, 0.3) is 0 Å². The van der Waals surface area contributed by atoms with Crippen LogP contribution in [0.1, 0.15) is 124 Å². The van der Waals surface area contributed by atoms with E-state index in [9.17, 15) is 19.9 Å². The normalized spacial score (nSPS) is 13.2. The van der Waals surface area contributed by atoms with Gasteiger partial charge < -0.3 is 10.4 Å². The average Bonchev–Trinajstić information content (AvgIpc) is 2.73. The van der Waals surface area contributed by atoms with E-state index >= 15 is 0 Å². The van der Waals surface area contributed by atoms with Crippen molar-refractivity contribution < 1.29 is 19.9 Å². The first kappa shape index (κ1) is 28.9. The molecule has 0 spiro atoms. The van der Waals surface area contributed by atoms with Gasteiger partial charge in [-0.1, -0.05) is 104 Å². The van der Waals surface area contributed by atoms with E-state index in [0.29, 0.717) is 11.6 Å². The highest BCUT2D eigenvalue weighted by atomic mass is 16.5. The molecule has 0 fully saturated rings. The minimum atomic E-state index is -1.07. The van der Waals surface area contributed by atoms with Gasteiger partial charge in [0.1, 0.15) is 6.04 Å². The van der Waals surface area contributed by atoms with Gasteiger partial charge >= 0.3 is 5.97 Å². The lowest BCUT2D eigenvalue weighted by Crippen LogP contribution is -2.53. The maximum absolute atomic E-state index is 12.1. The zero-order valence-electron chi connectivity index (χ0n) is 19.8. The number of carbonyl (C=O) groups is 2. The lowest BCUT2D eigenvalue weighted by Gasteiger charge is -2.28. The number of carboxylic acids is 1. The molecule has 6 nitrogen and oxygen atoms in total. The summed E-state index contributed by atoms with van der Waals surface area (Å²) in [6, 6.07) is -1.77. The number of rotatable bonds is 21. The number of likely N-dealkylation sites (N-methyl/N-ethyl adjacent to an activating group) is 1. The van der Waals surface area contributed by atoms with Crippen LogP contribution >= 0.6 is 0 Å². The highest BCUT2D eigenvalue weighted by Crippen LogP contribution is 2.14. The van der Waals surface area contributed by atoms with E-state index in [1.807, 2.05) is 0 Å². The van der Waals surface area contributed by atoms with Gasteiger partial charge in [-0.2, -0.15) is 0 Å². The first-order valence-electron chi connectivity index (χ1n) is 12.4. The number of carbonyl (C=O) groups excluding carboxylic acids is 1. The van der Waals surface area contributed by atoms with E-state index in [1.54, 1.807) is 13.8 Å². The maximum atomic E-state index is 12.1. The Kier molecular flexibility index (Phi) is 19.0. The maximum Gasteiger partial charge on any atom is 0.322 e. The standard InChI is InChI=1S/C24H48N2O4/c1-4-6-7-8-9-10-11-12-13-14-15-16-17-18-19-20-22(27)26(30)21(3)23(24(28)29)25-5-2/h21,23,25,30H,4-20H2,1-3H3,(H,28,29). The Balaban J connectivity index is 3.61. The summed E-state index contributed by atoms with van der Waals surface area (Å²) < 4.78 is 0. The molecular weight excluding hydrogens is 380 g/mol. The summed E-state index contributed by atoms with van der Waals surface area (Å²) in [7, 11) is 0. The number of hydrogen-bond acceptors (Lipinski definition) is 4. The average molecular weight is 429 g/mol. The molecule has 2 unspecified atom stereocenters. The minimum absolute atomic E-state index is 0.261. The van der Waals surface area contributed by atoms with Crippen LogP contribution in [0.4, 0.5) is 0 Å². The van der Waals surface area contributed by atoms with E-state index in [4.69, 9.17) is 0 Å². The smallest absolute Gasteiger partial charge is 0.322 e. The fraction of sp³-hybridized carbons (Fsp3) is 0.917. The van der Waals surface area contributed by atoms with Gasteiger partial charge in [-0.05, 0) is 19.9 Å². The van der Waals surface area contributed by atoms with Gasteiger partial charge in [-0.15, -0.1) is 0 Å². The molecule has 0 saturated carbocycles. The number of nitrogens with one attached hydrogen (secondary N) is 1. The van der Waals surface area contributed by atoms with Gasteiger partial charge in [-0.25, -0.2) is 5.06 Å². The third-order valence-corrected chi connectivity index (χ3v) is 5.81. The van der Waals surface area contributed by atoms with Gasteiger partial charge in [-0.3, -0.25) is 14.8 Å². The summed E-state index contributed by atoms with van der Waals surface area (Å²) in [6.07, 6.45) is 19.2. The quantitative estimate of drug-likeness (QED) is 0.120. The molecule has 1 amide bonds. The molecule has 0 aromatic carbocycles. The van der Waals surface area contributed by atoms with Crippen LogP contribution in [0.3, 0.4) is 0 Å². The predicted molar refractivity (Wildman–Crippen MR) is 123 cm³/mol. The van der Waals surface area contributed by atoms with Crippen molar-refractivity contribution in [3.63, 3.8) is 0 Å². The number of unbranched alkanes of at least 4 members (excludes halogenated alkanes) is 14. The third kappa shape index (κ3) is 14.8. The molecule has 6 heteroatoms. The predicted octanol–water partition coefficient (Wildman–Crippen LogP) is 5.92. The Morgan fingerprint density at radius 1 is 0.767 bits per heavy atom. The zero-order valence-corrected chi connectivity index (χ0v) is 19.8. The van der Waals surface area contributed by atoms with Gasteiger partial charge in [0.15, 0.2) is 0 Å². The summed E-state index contributed by atoms with van der Waals surface area (Å²) >= 11 is 0. The summed E-state index contributed by atoms with van der Waals surface area (Å²) in [6.45, 7) is 6.06. The van der Waals surface area contributed by atoms with Crippen LogP contribution in [0, 0.1) is 0 Å². The van der Waals surface area contributed by atoms with Crippen molar-refractivity contribution in [3.8, 4) is 0 Å². The van der Waals surface area contributed by atoms with E-state index in [2.05, 4.69) is 12.2 Å². The summed E-state index contributed by atoms with van der Waals surface area (Å²) in [5, 5.41) is 22.6. The van der Waals surface area contributed by atoms with Crippen molar-refractivity contribution in [2.24, 2.45) is 0 Å². The molecule has 0 aromatic rings. The lowest BCUT2D eigenvalue weighted by molar-refractivity contribution is -0.179. The van der Waals surface area contributed by atoms with Crippen molar-refractivity contribution in [2.75, 3.05) is 6.54 Å². The van der Waals surface area contributed by atoms with Gasteiger partial charge in [0.05, 0.1) is 6.04 Å². The Bertz CT molecular complexity index is 431. The zero-order chi connectivity index (χ0) is 22.6. The molecule has 0 saturated heterocycles. The number of hydroxylamine groups is 2. The topological polar surface area (TPSA) is 89.9 Å². The molecule has 2 atom stereocenters. The molecule has 0 bridgehead atoms. The molecular formula is C24H48N2O4. The van der Waals surface area contributed by atoms with Crippen LogP contribution in [0.2, 0.25) is 0 Å². The number of amides is 1. The number of carboxylic acid groups (broad SMARTS) is 1. The van der Waals surface area contributed by atoms with Crippen molar-refractivity contribution in [3.05, 3.63) is 0 Å². The van der Waals surface area contributed by atoms with Crippen LogP contribution in [-0.2, 0) is 9.59 Å². The molecule has 178 valence electrons. The Labute approximate surface area is 184 Å². The Morgan fingerprint density at radius 2 is 1.17 bits per heavy atom. The number of nitrogens with zero attached hydrogens (tertiary/aromatic N) is 1. The highest BCUT2D eigenvalue weighted by Gasteiger charge is 2.30. The van der Waals surface area contributed by atoms with Crippen LogP contribution < -0.4 is 5.32 Å².